The Morgan fingerprint density at radius 3 is 2.15 bits per heavy atom. The lowest BCUT2D eigenvalue weighted by molar-refractivity contribution is 0.566. The van der Waals surface area contributed by atoms with Crippen LogP contribution >= 0.6 is 0 Å². The molecule has 0 aliphatic heterocycles. The quantitative estimate of drug-likeness (QED) is 0.938. The highest BCUT2D eigenvalue weighted by atomic mass is 32.2. The summed E-state index contributed by atoms with van der Waals surface area (Å²) in [6.45, 7) is 5.65. The van der Waals surface area contributed by atoms with E-state index in [-0.39, 0.29) is 6.04 Å². The predicted molar refractivity (Wildman–Crippen MR) is 81.1 cm³/mol. The lowest BCUT2D eigenvalue weighted by Crippen LogP contribution is -2.27. The number of benzene rings is 2. The molecule has 0 heterocycles. The lowest BCUT2D eigenvalue weighted by Gasteiger charge is -2.16. The summed E-state index contributed by atoms with van der Waals surface area (Å²) < 4.78 is 27.5. The molecule has 0 bridgehead atoms. The number of hydrogen-bond acceptors (Lipinski definition) is 2. The molecule has 3 nitrogen and oxygen atoms in total. The molecule has 106 valence electrons. The zero-order valence-corrected chi connectivity index (χ0v) is 12.7. The minimum atomic E-state index is -3.50. The Bertz CT molecular complexity index is 691. The number of aryl methyl sites for hydroxylation is 2. The van der Waals surface area contributed by atoms with Crippen LogP contribution in [0.2, 0.25) is 0 Å². The Kier molecular flexibility index (Phi) is 4.26. The van der Waals surface area contributed by atoms with Crippen LogP contribution in [0, 0.1) is 13.8 Å². The number of hydrogen-bond donors (Lipinski definition) is 1. The van der Waals surface area contributed by atoms with E-state index in [1.165, 1.54) is 0 Å². The van der Waals surface area contributed by atoms with Crippen LogP contribution in [0.1, 0.15) is 29.7 Å². The van der Waals surface area contributed by atoms with Crippen molar-refractivity contribution in [1.82, 2.24) is 4.72 Å². The molecular formula is C16H19NO2S. The van der Waals surface area contributed by atoms with Gasteiger partial charge >= 0.3 is 0 Å². The Morgan fingerprint density at radius 2 is 1.55 bits per heavy atom. The minimum absolute atomic E-state index is 0.264. The van der Waals surface area contributed by atoms with Crippen molar-refractivity contribution in [2.24, 2.45) is 0 Å². The van der Waals surface area contributed by atoms with Crippen LogP contribution in [0.15, 0.2) is 53.4 Å². The molecule has 2 rings (SSSR count). The van der Waals surface area contributed by atoms with Crippen molar-refractivity contribution < 1.29 is 8.42 Å². The van der Waals surface area contributed by atoms with E-state index in [0.717, 1.165) is 16.7 Å². The fraction of sp³-hybridized carbons (Fsp3) is 0.250. The van der Waals surface area contributed by atoms with Crippen molar-refractivity contribution in [1.29, 1.82) is 0 Å². The first-order valence-electron chi connectivity index (χ1n) is 6.54. The van der Waals surface area contributed by atoms with Gasteiger partial charge in [0.2, 0.25) is 10.0 Å². The smallest absolute Gasteiger partial charge is 0.207 e. The normalized spacial score (nSPS) is 13.2. The molecule has 20 heavy (non-hydrogen) atoms. The fourth-order valence-corrected chi connectivity index (χ4v) is 3.56. The van der Waals surface area contributed by atoms with Gasteiger partial charge in [-0.2, -0.15) is 0 Å². The molecule has 1 atom stereocenters. The molecule has 1 N–H and O–H groups in total. The summed E-state index contributed by atoms with van der Waals surface area (Å²) in [6, 6.07) is 14.6. The summed E-state index contributed by atoms with van der Waals surface area (Å²) in [7, 11) is -3.50. The van der Waals surface area contributed by atoms with E-state index in [1.54, 1.807) is 25.1 Å². The molecule has 0 fully saturated rings. The Balaban J connectivity index is 2.24. The third-order valence-electron chi connectivity index (χ3n) is 3.29. The maximum absolute atomic E-state index is 12.4. The highest BCUT2D eigenvalue weighted by Gasteiger charge is 2.19. The summed E-state index contributed by atoms with van der Waals surface area (Å²) in [5.74, 6) is 0. The third-order valence-corrected chi connectivity index (χ3v) is 4.99. The Hall–Kier alpha value is -1.65. The standard InChI is InChI=1S/C16H19NO2S/c1-12-8-10-15(11-9-12)14(3)17-20(18,19)16-7-5-4-6-13(16)2/h4-11,14,17H,1-3H3. The average molecular weight is 289 g/mol. The van der Waals surface area contributed by atoms with Crippen molar-refractivity contribution in [3.8, 4) is 0 Å². The summed E-state index contributed by atoms with van der Waals surface area (Å²) >= 11 is 0. The fourth-order valence-electron chi connectivity index (χ4n) is 2.08. The molecular weight excluding hydrogens is 270 g/mol. The van der Waals surface area contributed by atoms with Gasteiger partial charge in [0.25, 0.3) is 0 Å². The molecule has 0 spiro atoms. The zero-order valence-electron chi connectivity index (χ0n) is 11.9. The summed E-state index contributed by atoms with van der Waals surface area (Å²) in [4.78, 5) is 0.332. The van der Waals surface area contributed by atoms with Crippen molar-refractivity contribution >= 4 is 10.0 Å². The number of sulfonamides is 1. The summed E-state index contributed by atoms with van der Waals surface area (Å²) in [6.07, 6.45) is 0. The van der Waals surface area contributed by atoms with Crippen LogP contribution in [0.5, 0.6) is 0 Å². The van der Waals surface area contributed by atoms with E-state index in [2.05, 4.69) is 4.72 Å². The molecule has 0 amide bonds. The van der Waals surface area contributed by atoms with Crippen molar-refractivity contribution in [3.63, 3.8) is 0 Å². The molecule has 0 aliphatic rings. The van der Waals surface area contributed by atoms with Crippen LogP contribution < -0.4 is 4.72 Å². The first kappa shape index (κ1) is 14.8. The second kappa shape index (κ2) is 5.77. The maximum atomic E-state index is 12.4. The highest BCUT2D eigenvalue weighted by Crippen LogP contribution is 2.19. The SMILES string of the molecule is Cc1ccc(C(C)NS(=O)(=O)c2ccccc2C)cc1. The molecule has 2 aromatic carbocycles. The van der Waals surface area contributed by atoms with Gasteiger partial charge in [0, 0.05) is 6.04 Å². The van der Waals surface area contributed by atoms with Crippen molar-refractivity contribution in [2.45, 2.75) is 31.7 Å². The molecule has 4 heteroatoms. The number of rotatable bonds is 4. The monoisotopic (exact) mass is 289 g/mol. The van der Waals surface area contributed by atoms with E-state index >= 15 is 0 Å². The van der Waals surface area contributed by atoms with E-state index in [1.807, 2.05) is 44.2 Å². The number of nitrogens with one attached hydrogen (secondary N) is 1. The van der Waals surface area contributed by atoms with Crippen molar-refractivity contribution in [2.75, 3.05) is 0 Å². The van der Waals surface area contributed by atoms with Crippen LogP contribution in [-0.2, 0) is 10.0 Å². The third kappa shape index (κ3) is 3.26. The van der Waals surface area contributed by atoms with E-state index in [4.69, 9.17) is 0 Å². The Morgan fingerprint density at radius 1 is 0.950 bits per heavy atom. The highest BCUT2D eigenvalue weighted by molar-refractivity contribution is 7.89. The van der Waals surface area contributed by atoms with Gasteiger partial charge in [-0.1, -0.05) is 48.0 Å². The molecule has 0 aliphatic carbocycles. The Labute approximate surface area is 120 Å². The second-order valence-electron chi connectivity index (χ2n) is 5.02. The first-order chi connectivity index (χ1) is 9.40. The predicted octanol–water partition coefficient (Wildman–Crippen LogP) is 3.34. The van der Waals surface area contributed by atoms with Gasteiger partial charge in [0.15, 0.2) is 0 Å². The van der Waals surface area contributed by atoms with E-state index in [9.17, 15) is 8.42 Å². The lowest BCUT2D eigenvalue weighted by atomic mass is 10.1. The maximum Gasteiger partial charge on any atom is 0.241 e. The molecule has 0 saturated heterocycles. The van der Waals surface area contributed by atoms with Gasteiger partial charge in [-0.15, -0.1) is 0 Å². The van der Waals surface area contributed by atoms with Gasteiger partial charge in [0.1, 0.15) is 0 Å². The molecule has 0 aromatic heterocycles. The van der Waals surface area contributed by atoms with Gasteiger partial charge in [-0.3, -0.25) is 0 Å². The van der Waals surface area contributed by atoms with Gasteiger partial charge in [-0.05, 0) is 38.0 Å². The van der Waals surface area contributed by atoms with Crippen LogP contribution in [-0.4, -0.2) is 8.42 Å². The largest absolute Gasteiger partial charge is 0.241 e. The van der Waals surface area contributed by atoms with Gasteiger partial charge < -0.3 is 0 Å². The average Bonchev–Trinajstić information content (AvgIpc) is 2.39. The van der Waals surface area contributed by atoms with E-state index < -0.39 is 10.0 Å². The van der Waals surface area contributed by atoms with Crippen LogP contribution in [0.25, 0.3) is 0 Å². The zero-order chi connectivity index (χ0) is 14.8. The van der Waals surface area contributed by atoms with Crippen molar-refractivity contribution in [3.05, 3.63) is 65.2 Å². The molecule has 0 radical (unpaired) electrons. The van der Waals surface area contributed by atoms with Crippen LogP contribution in [0.3, 0.4) is 0 Å². The molecule has 0 saturated carbocycles. The topological polar surface area (TPSA) is 46.2 Å². The van der Waals surface area contributed by atoms with Gasteiger partial charge in [-0.25, -0.2) is 13.1 Å². The van der Waals surface area contributed by atoms with Gasteiger partial charge in [0.05, 0.1) is 4.90 Å². The summed E-state index contributed by atoms with van der Waals surface area (Å²) in [5.41, 5.74) is 2.85. The summed E-state index contributed by atoms with van der Waals surface area (Å²) in [5, 5.41) is 0. The first-order valence-corrected chi connectivity index (χ1v) is 8.03. The minimum Gasteiger partial charge on any atom is -0.207 e. The molecule has 1 unspecified atom stereocenters. The second-order valence-corrected chi connectivity index (χ2v) is 6.70. The van der Waals surface area contributed by atoms with Crippen LogP contribution in [0.4, 0.5) is 0 Å². The van der Waals surface area contributed by atoms with E-state index in [0.29, 0.717) is 4.90 Å². The molecule has 2 aromatic rings.